The summed E-state index contributed by atoms with van der Waals surface area (Å²) in [5.74, 6) is -3.85. The van der Waals surface area contributed by atoms with Crippen molar-refractivity contribution in [3.63, 3.8) is 0 Å². The summed E-state index contributed by atoms with van der Waals surface area (Å²) in [6.45, 7) is 3.72. The first-order valence-corrected chi connectivity index (χ1v) is 6.40. The Hall–Kier alpha value is -1.82. The van der Waals surface area contributed by atoms with Crippen LogP contribution in [0.3, 0.4) is 0 Å². The van der Waals surface area contributed by atoms with Gasteiger partial charge in [0, 0.05) is 36.0 Å². The lowest BCUT2D eigenvalue weighted by Crippen LogP contribution is -2.27. The summed E-state index contributed by atoms with van der Waals surface area (Å²) in [5, 5.41) is 3.26. The number of rotatable bonds is 2. The van der Waals surface area contributed by atoms with Gasteiger partial charge in [-0.3, -0.25) is 0 Å². The molecule has 0 bridgehead atoms. The molecular weight excluding hydrogens is 267 g/mol. The Kier molecular flexibility index (Phi) is 3.05. The molecule has 1 aliphatic heterocycles. The second kappa shape index (κ2) is 4.63. The molecule has 1 saturated heterocycles. The number of aromatic nitrogens is 2. The molecule has 20 heavy (non-hydrogen) atoms. The minimum Gasteiger partial charge on any atom is -0.316 e. The van der Waals surface area contributed by atoms with Crippen LogP contribution in [-0.4, -0.2) is 22.6 Å². The van der Waals surface area contributed by atoms with Crippen LogP contribution in [0.2, 0.25) is 0 Å². The molecule has 1 aromatic heterocycles. The van der Waals surface area contributed by atoms with Crippen molar-refractivity contribution in [1.82, 2.24) is 14.9 Å². The molecule has 2 aromatic rings. The van der Waals surface area contributed by atoms with Crippen LogP contribution in [-0.2, 0) is 5.41 Å². The van der Waals surface area contributed by atoms with Gasteiger partial charge in [0.2, 0.25) is 0 Å². The van der Waals surface area contributed by atoms with Crippen molar-refractivity contribution in [1.29, 1.82) is 0 Å². The van der Waals surface area contributed by atoms with Gasteiger partial charge < -0.3 is 9.88 Å². The molecule has 2 heterocycles. The molecule has 3 rings (SSSR count). The fourth-order valence-corrected chi connectivity index (χ4v) is 2.66. The second-order valence-corrected chi connectivity index (χ2v) is 5.36. The highest BCUT2D eigenvalue weighted by atomic mass is 19.2. The van der Waals surface area contributed by atoms with E-state index >= 15 is 0 Å². The molecule has 1 N–H and O–H groups in total. The molecule has 1 aromatic carbocycles. The topological polar surface area (TPSA) is 29.9 Å². The number of hydrogen-bond acceptors (Lipinski definition) is 2. The largest absolute Gasteiger partial charge is 0.316 e. The van der Waals surface area contributed by atoms with E-state index in [-0.39, 0.29) is 11.1 Å². The Balaban J connectivity index is 2.10. The van der Waals surface area contributed by atoms with Gasteiger partial charge in [-0.25, -0.2) is 18.2 Å². The number of hydrogen-bond donors (Lipinski definition) is 1. The lowest BCUT2D eigenvalue weighted by Gasteiger charge is -2.24. The summed E-state index contributed by atoms with van der Waals surface area (Å²) in [7, 11) is 0. The van der Waals surface area contributed by atoms with Gasteiger partial charge in [0.25, 0.3) is 0 Å². The SMILES string of the molecule is CC1(c2cncn2-c2cc(F)c(F)c(F)c2)CCNC1. The molecule has 6 heteroatoms. The first-order valence-electron chi connectivity index (χ1n) is 6.40. The van der Waals surface area contributed by atoms with Gasteiger partial charge in [0.15, 0.2) is 17.5 Å². The van der Waals surface area contributed by atoms with E-state index in [1.165, 1.54) is 6.33 Å². The van der Waals surface area contributed by atoms with Crippen LogP contribution in [0.5, 0.6) is 0 Å². The van der Waals surface area contributed by atoms with Crippen LogP contribution in [0.15, 0.2) is 24.7 Å². The van der Waals surface area contributed by atoms with E-state index in [4.69, 9.17) is 0 Å². The highest BCUT2D eigenvalue weighted by Gasteiger charge is 2.33. The third kappa shape index (κ3) is 2.00. The first kappa shape index (κ1) is 13.2. The quantitative estimate of drug-likeness (QED) is 0.857. The number of imidazole rings is 1. The molecule has 0 aliphatic carbocycles. The molecule has 0 saturated carbocycles. The fraction of sp³-hybridized carbons (Fsp3) is 0.357. The smallest absolute Gasteiger partial charge is 0.194 e. The summed E-state index contributed by atoms with van der Waals surface area (Å²) >= 11 is 0. The van der Waals surface area contributed by atoms with E-state index in [0.717, 1.165) is 37.3 Å². The summed E-state index contributed by atoms with van der Waals surface area (Å²) in [6.07, 6.45) is 4.09. The van der Waals surface area contributed by atoms with Crippen molar-refractivity contribution in [2.45, 2.75) is 18.8 Å². The molecule has 1 fully saturated rings. The van der Waals surface area contributed by atoms with E-state index < -0.39 is 17.5 Å². The number of halogens is 3. The van der Waals surface area contributed by atoms with Gasteiger partial charge in [0.1, 0.15) is 0 Å². The molecule has 0 spiro atoms. The zero-order valence-electron chi connectivity index (χ0n) is 11.0. The monoisotopic (exact) mass is 281 g/mol. The Morgan fingerprint density at radius 1 is 1.25 bits per heavy atom. The molecule has 3 nitrogen and oxygen atoms in total. The van der Waals surface area contributed by atoms with Crippen molar-refractivity contribution in [3.05, 3.63) is 47.8 Å². The number of nitrogens with one attached hydrogen (secondary N) is 1. The van der Waals surface area contributed by atoms with Crippen LogP contribution in [0.4, 0.5) is 13.2 Å². The van der Waals surface area contributed by atoms with E-state index in [1.54, 1.807) is 10.8 Å². The number of benzene rings is 1. The Bertz CT molecular complexity index is 622. The van der Waals surface area contributed by atoms with Crippen LogP contribution in [0.25, 0.3) is 5.69 Å². The van der Waals surface area contributed by atoms with Crippen LogP contribution < -0.4 is 5.32 Å². The third-order valence-corrected chi connectivity index (χ3v) is 3.87. The van der Waals surface area contributed by atoms with E-state index in [1.807, 2.05) is 0 Å². The fourth-order valence-electron chi connectivity index (χ4n) is 2.66. The lowest BCUT2D eigenvalue weighted by atomic mass is 9.86. The van der Waals surface area contributed by atoms with Crippen molar-refractivity contribution in [2.24, 2.45) is 0 Å². The standard InChI is InChI=1S/C14H14F3N3/c1-14(2-3-18-7-14)12-6-19-8-20(12)9-4-10(15)13(17)11(16)5-9/h4-6,8,18H,2-3,7H2,1H3. The average Bonchev–Trinajstić information content (AvgIpc) is 3.04. The van der Waals surface area contributed by atoms with Crippen molar-refractivity contribution < 1.29 is 13.2 Å². The normalized spacial score (nSPS) is 22.4. The second-order valence-electron chi connectivity index (χ2n) is 5.36. The predicted octanol–water partition coefficient (Wildman–Crippen LogP) is 2.54. The predicted molar refractivity (Wildman–Crippen MR) is 68.3 cm³/mol. The summed E-state index contributed by atoms with van der Waals surface area (Å²) in [4.78, 5) is 4.07. The summed E-state index contributed by atoms with van der Waals surface area (Å²) in [6, 6.07) is 1.96. The lowest BCUT2D eigenvalue weighted by molar-refractivity contribution is 0.445. The molecule has 0 radical (unpaired) electrons. The Labute approximate surface area is 114 Å². The van der Waals surface area contributed by atoms with Crippen molar-refractivity contribution >= 4 is 0 Å². The van der Waals surface area contributed by atoms with E-state index in [2.05, 4.69) is 17.2 Å². The number of nitrogens with zero attached hydrogens (tertiary/aromatic N) is 2. The van der Waals surface area contributed by atoms with Crippen LogP contribution >= 0.6 is 0 Å². The first-order chi connectivity index (χ1) is 9.51. The van der Waals surface area contributed by atoms with Gasteiger partial charge >= 0.3 is 0 Å². The molecule has 106 valence electrons. The van der Waals surface area contributed by atoms with E-state index in [9.17, 15) is 13.2 Å². The third-order valence-electron chi connectivity index (χ3n) is 3.87. The van der Waals surface area contributed by atoms with Gasteiger partial charge in [-0.1, -0.05) is 6.92 Å². The van der Waals surface area contributed by atoms with Gasteiger partial charge in [-0.15, -0.1) is 0 Å². The highest BCUT2D eigenvalue weighted by molar-refractivity contribution is 5.37. The van der Waals surface area contributed by atoms with Crippen LogP contribution in [0, 0.1) is 17.5 Å². The molecule has 1 aliphatic rings. The minimum absolute atomic E-state index is 0.155. The summed E-state index contributed by atoms with van der Waals surface area (Å²) in [5.41, 5.74) is 0.938. The maximum Gasteiger partial charge on any atom is 0.194 e. The molecule has 1 atom stereocenters. The Morgan fingerprint density at radius 3 is 2.55 bits per heavy atom. The maximum atomic E-state index is 13.4. The van der Waals surface area contributed by atoms with Crippen molar-refractivity contribution in [2.75, 3.05) is 13.1 Å². The summed E-state index contributed by atoms with van der Waals surface area (Å²) < 4.78 is 41.4. The maximum absolute atomic E-state index is 13.4. The molecule has 1 unspecified atom stereocenters. The van der Waals surface area contributed by atoms with Crippen LogP contribution in [0.1, 0.15) is 19.0 Å². The Morgan fingerprint density at radius 2 is 1.95 bits per heavy atom. The van der Waals surface area contributed by atoms with Gasteiger partial charge in [-0.05, 0) is 13.0 Å². The highest BCUT2D eigenvalue weighted by Crippen LogP contribution is 2.31. The van der Waals surface area contributed by atoms with Crippen molar-refractivity contribution in [3.8, 4) is 5.69 Å². The zero-order valence-corrected chi connectivity index (χ0v) is 11.0. The minimum atomic E-state index is -1.45. The van der Waals surface area contributed by atoms with Gasteiger partial charge in [-0.2, -0.15) is 0 Å². The van der Waals surface area contributed by atoms with E-state index in [0.29, 0.717) is 0 Å². The molecule has 0 amide bonds. The molecular formula is C14H14F3N3. The average molecular weight is 281 g/mol. The zero-order chi connectivity index (χ0) is 14.3. The van der Waals surface area contributed by atoms with Gasteiger partial charge in [0.05, 0.1) is 12.0 Å².